The van der Waals surface area contributed by atoms with Crippen LogP contribution in [0.5, 0.6) is 0 Å². The molecule has 24 heavy (non-hydrogen) atoms. The molecule has 4 heteroatoms. The lowest BCUT2D eigenvalue weighted by atomic mass is 9.73. The first-order valence-electron chi connectivity index (χ1n) is 8.74. The van der Waals surface area contributed by atoms with Crippen molar-refractivity contribution in [3.63, 3.8) is 0 Å². The predicted octanol–water partition coefficient (Wildman–Crippen LogP) is 5.50. The standard InChI is InChI=1S/C20H35NO2Si/c1-18(2,3)17(22)20(7,8)16-13-11-12-15(21-16)14-23-24(9,10)19(4,5)6/h11-13H,14H2,1-10H3. The minimum atomic E-state index is -1.81. The molecule has 0 amide bonds. The summed E-state index contributed by atoms with van der Waals surface area (Å²) in [5.74, 6) is 0.199. The van der Waals surface area contributed by atoms with Crippen molar-refractivity contribution in [3.05, 3.63) is 29.6 Å². The van der Waals surface area contributed by atoms with E-state index in [0.717, 1.165) is 11.4 Å². The number of hydrogen-bond acceptors (Lipinski definition) is 3. The first-order valence-corrected chi connectivity index (χ1v) is 11.6. The lowest BCUT2D eigenvalue weighted by Gasteiger charge is -2.36. The zero-order chi connectivity index (χ0) is 19.0. The average Bonchev–Trinajstić information content (AvgIpc) is 2.42. The molecule has 0 aliphatic heterocycles. The average molecular weight is 350 g/mol. The van der Waals surface area contributed by atoms with Gasteiger partial charge in [0.05, 0.1) is 23.4 Å². The second-order valence-electron chi connectivity index (χ2n) is 9.77. The number of aromatic nitrogens is 1. The number of ketones is 1. The van der Waals surface area contributed by atoms with Gasteiger partial charge in [-0.05, 0) is 44.1 Å². The predicted molar refractivity (Wildman–Crippen MR) is 104 cm³/mol. The number of carbonyl (C=O) groups is 1. The first-order chi connectivity index (χ1) is 10.6. The largest absolute Gasteiger partial charge is 0.411 e. The van der Waals surface area contributed by atoms with Gasteiger partial charge in [0.2, 0.25) is 0 Å². The van der Waals surface area contributed by atoms with Gasteiger partial charge in [0, 0.05) is 5.41 Å². The lowest BCUT2D eigenvalue weighted by molar-refractivity contribution is -0.131. The topological polar surface area (TPSA) is 39.2 Å². The molecule has 136 valence electrons. The van der Waals surface area contributed by atoms with Crippen molar-refractivity contribution in [1.82, 2.24) is 4.98 Å². The molecule has 0 saturated carbocycles. The smallest absolute Gasteiger partial charge is 0.192 e. The van der Waals surface area contributed by atoms with Crippen LogP contribution in [-0.2, 0) is 21.2 Å². The van der Waals surface area contributed by atoms with E-state index in [1.807, 2.05) is 52.8 Å². The highest BCUT2D eigenvalue weighted by Gasteiger charge is 2.39. The minimum absolute atomic E-state index is 0.173. The molecule has 0 aliphatic rings. The molecule has 0 radical (unpaired) electrons. The van der Waals surface area contributed by atoms with Gasteiger partial charge in [0.15, 0.2) is 8.32 Å². The Morgan fingerprint density at radius 2 is 1.58 bits per heavy atom. The van der Waals surface area contributed by atoms with Gasteiger partial charge >= 0.3 is 0 Å². The third-order valence-electron chi connectivity index (χ3n) is 5.08. The fourth-order valence-electron chi connectivity index (χ4n) is 2.43. The second-order valence-corrected chi connectivity index (χ2v) is 14.6. The highest BCUT2D eigenvalue weighted by molar-refractivity contribution is 6.74. The maximum Gasteiger partial charge on any atom is 0.192 e. The summed E-state index contributed by atoms with van der Waals surface area (Å²) in [7, 11) is -1.81. The normalized spacial score (nSPS) is 13.9. The van der Waals surface area contributed by atoms with Crippen LogP contribution in [0.15, 0.2) is 18.2 Å². The highest BCUT2D eigenvalue weighted by atomic mass is 28.4. The van der Waals surface area contributed by atoms with Gasteiger partial charge in [-0.3, -0.25) is 9.78 Å². The van der Waals surface area contributed by atoms with Crippen molar-refractivity contribution < 1.29 is 9.22 Å². The van der Waals surface area contributed by atoms with E-state index in [1.165, 1.54) is 0 Å². The summed E-state index contributed by atoms with van der Waals surface area (Å²) in [6, 6.07) is 5.90. The molecule has 1 heterocycles. The Morgan fingerprint density at radius 1 is 1.04 bits per heavy atom. The van der Waals surface area contributed by atoms with E-state index in [0.29, 0.717) is 6.61 Å². The van der Waals surface area contributed by atoms with Crippen LogP contribution in [-0.4, -0.2) is 19.1 Å². The van der Waals surface area contributed by atoms with E-state index in [2.05, 4.69) is 33.9 Å². The van der Waals surface area contributed by atoms with Crippen molar-refractivity contribution in [2.75, 3.05) is 0 Å². The first kappa shape index (κ1) is 21.0. The molecule has 0 saturated heterocycles. The van der Waals surface area contributed by atoms with Gasteiger partial charge in [-0.15, -0.1) is 0 Å². The maximum absolute atomic E-state index is 12.8. The van der Waals surface area contributed by atoms with Crippen molar-refractivity contribution in [3.8, 4) is 0 Å². The molecular formula is C20H35NO2Si. The number of nitrogens with zero attached hydrogens (tertiary/aromatic N) is 1. The minimum Gasteiger partial charge on any atom is -0.411 e. The summed E-state index contributed by atoms with van der Waals surface area (Å²) in [4.78, 5) is 17.5. The number of pyridine rings is 1. The fourth-order valence-corrected chi connectivity index (χ4v) is 3.37. The molecule has 0 aliphatic carbocycles. The Kier molecular flexibility index (Phi) is 5.89. The van der Waals surface area contributed by atoms with Crippen molar-refractivity contribution in [1.29, 1.82) is 0 Å². The van der Waals surface area contributed by atoms with E-state index in [1.54, 1.807) is 0 Å². The molecule has 0 aromatic carbocycles. The van der Waals surface area contributed by atoms with Crippen LogP contribution in [0.1, 0.15) is 66.8 Å². The summed E-state index contributed by atoms with van der Waals surface area (Å²) in [5.41, 5.74) is 0.718. The highest BCUT2D eigenvalue weighted by Crippen LogP contribution is 2.37. The van der Waals surface area contributed by atoms with Crippen LogP contribution in [0.3, 0.4) is 0 Å². The Labute approximate surface area is 149 Å². The van der Waals surface area contributed by atoms with Crippen LogP contribution < -0.4 is 0 Å². The van der Waals surface area contributed by atoms with Crippen LogP contribution in [0, 0.1) is 5.41 Å². The monoisotopic (exact) mass is 349 g/mol. The van der Waals surface area contributed by atoms with Crippen molar-refractivity contribution in [2.45, 2.75) is 85.5 Å². The number of rotatable bonds is 5. The third kappa shape index (κ3) is 4.76. The zero-order valence-corrected chi connectivity index (χ0v) is 18.2. The molecule has 3 nitrogen and oxygen atoms in total. The Hall–Kier alpha value is -1.00. The molecule has 0 spiro atoms. The zero-order valence-electron chi connectivity index (χ0n) is 17.2. The molecule has 0 fully saturated rings. The molecule has 0 bridgehead atoms. The van der Waals surface area contributed by atoms with Crippen LogP contribution in [0.4, 0.5) is 0 Å². The molecule has 1 aromatic heterocycles. The molecular weight excluding hydrogens is 314 g/mol. The molecule has 0 N–H and O–H groups in total. The maximum atomic E-state index is 12.8. The number of carbonyl (C=O) groups excluding carboxylic acids is 1. The van der Waals surface area contributed by atoms with Crippen molar-refractivity contribution >= 4 is 14.1 Å². The molecule has 0 unspecified atom stereocenters. The van der Waals surface area contributed by atoms with Gasteiger partial charge in [-0.25, -0.2) is 0 Å². The third-order valence-corrected chi connectivity index (χ3v) is 9.56. The SMILES string of the molecule is CC(C)(C)C(=O)C(C)(C)c1cccc(CO[Si](C)(C)C(C)(C)C)n1. The Morgan fingerprint density at radius 3 is 2.04 bits per heavy atom. The summed E-state index contributed by atoms with van der Waals surface area (Å²) in [6.07, 6.45) is 0. The van der Waals surface area contributed by atoms with Gasteiger partial charge in [0.25, 0.3) is 0 Å². The van der Waals surface area contributed by atoms with E-state index in [-0.39, 0.29) is 10.8 Å². The van der Waals surface area contributed by atoms with E-state index in [4.69, 9.17) is 9.41 Å². The van der Waals surface area contributed by atoms with E-state index >= 15 is 0 Å². The van der Waals surface area contributed by atoms with Gasteiger partial charge < -0.3 is 4.43 Å². The van der Waals surface area contributed by atoms with Gasteiger partial charge in [-0.1, -0.05) is 47.6 Å². The fraction of sp³-hybridized carbons (Fsp3) is 0.700. The molecule has 1 aromatic rings. The van der Waals surface area contributed by atoms with Crippen molar-refractivity contribution in [2.24, 2.45) is 5.41 Å². The van der Waals surface area contributed by atoms with Gasteiger partial charge in [0.1, 0.15) is 5.78 Å². The Bertz CT molecular complexity index is 592. The second kappa shape index (κ2) is 6.72. The van der Waals surface area contributed by atoms with Gasteiger partial charge in [-0.2, -0.15) is 0 Å². The Balaban J connectivity index is 3.02. The molecule has 1 rings (SSSR count). The molecule has 0 atom stereocenters. The number of Topliss-reactive ketones (excluding diaryl/α,β-unsaturated/α-hetero) is 1. The van der Waals surface area contributed by atoms with Crippen LogP contribution >= 0.6 is 0 Å². The number of hydrogen-bond donors (Lipinski definition) is 0. The quantitative estimate of drug-likeness (QED) is 0.659. The summed E-state index contributed by atoms with van der Waals surface area (Å²) < 4.78 is 6.27. The van der Waals surface area contributed by atoms with E-state index < -0.39 is 19.1 Å². The van der Waals surface area contributed by atoms with E-state index in [9.17, 15) is 4.79 Å². The summed E-state index contributed by atoms with van der Waals surface area (Å²) in [6.45, 7) is 21.5. The van der Waals surface area contributed by atoms with Crippen LogP contribution in [0.25, 0.3) is 0 Å². The lowest BCUT2D eigenvalue weighted by Crippen LogP contribution is -2.41. The summed E-state index contributed by atoms with van der Waals surface area (Å²) >= 11 is 0. The van der Waals surface area contributed by atoms with Crippen LogP contribution in [0.2, 0.25) is 18.1 Å². The summed E-state index contributed by atoms with van der Waals surface area (Å²) in [5, 5.41) is 0.173.